The van der Waals surface area contributed by atoms with E-state index in [2.05, 4.69) is 31.1 Å². The fourth-order valence-electron chi connectivity index (χ4n) is 2.54. The predicted octanol–water partition coefficient (Wildman–Crippen LogP) is 0.439. The van der Waals surface area contributed by atoms with Crippen LogP contribution in [-0.4, -0.2) is 48.3 Å². The van der Waals surface area contributed by atoms with E-state index in [1.54, 1.807) is 0 Å². The lowest BCUT2D eigenvalue weighted by molar-refractivity contribution is -0.0754. The molecule has 0 aromatic carbocycles. The third-order valence-electron chi connectivity index (χ3n) is 4.04. The highest BCUT2D eigenvalue weighted by molar-refractivity contribution is 5.03. The van der Waals surface area contributed by atoms with Crippen molar-refractivity contribution in [1.82, 2.24) is 10.2 Å². The molecular weight excluding hydrogens is 176 g/mol. The molecule has 0 aromatic rings. The fourth-order valence-corrected chi connectivity index (χ4v) is 2.54. The Morgan fingerprint density at radius 3 is 2.57 bits per heavy atom. The summed E-state index contributed by atoms with van der Waals surface area (Å²) >= 11 is 0. The molecule has 2 fully saturated rings. The van der Waals surface area contributed by atoms with Crippen LogP contribution in [0, 0.1) is 5.41 Å². The molecule has 2 rings (SSSR count). The first kappa shape index (κ1) is 10.4. The Balaban J connectivity index is 1.82. The minimum atomic E-state index is -0.112. The number of likely N-dealkylation sites (N-methyl/N-ethyl adjacent to an activating group) is 1. The van der Waals surface area contributed by atoms with Crippen molar-refractivity contribution in [2.24, 2.45) is 5.41 Å². The van der Waals surface area contributed by atoms with Crippen molar-refractivity contribution in [1.29, 1.82) is 0 Å². The first-order valence-electron chi connectivity index (χ1n) is 5.63. The Hall–Kier alpha value is -0.120. The molecule has 1 aliphatic carbocycles. The van der Waals surface area contributed by atoms with Crippen molar-refractivity contribution in [2.45, 2.75) is 44.9 Å². The summed E-state index contributed by atoms with van der Waals surface area (Å²) in [6, 6.07) is 1.14. The molecule has 0 spiro atoms. The summed E-state index contributed by atoms with van der Waals surface area (Å²) < 4.78 is 0. The van der Waals surface area contributed by atoms with Crippen LogP contribution < -0.4 is 5.32 Å². The highest BCUT2D eigenvalue weighted by Gasteiger charge is 2.47. The lowest BCUT2D eigenvalue weighted by Crippen LogP contribution is -2.62. The van der Waals surface area contributed by atoms with Crippen LogP contribution in [-0.2, 0) is 0 Å². The maximum Gasteiger partial charge on any atom is 0.0621 e. The summed E-state index contributed by atoms with van der Waals surface area (Å²) in [6.07, 6.45) is 2.06. The van der Waals surface area contributed by atoms with Crippen LogP contribution in [0.2, 0.25) is 0 Å². The number of nitrogens with zero attached hydrogens (tertiary/aromatic N) is 1. The van der Waals surface area contributed by atoms with Crippen molar-refractivity contribution in [3.05, 3.63) is 0 Å². The number of nitrogens with one attached hydrogen (secondary N) is 1. The number of hydrogen-bond donors (Lipinski definition) is 2. The first-order valence-corrected chi connectivity index (χ1v) is 5.63. The van der Waals surface area contributed by atoms with Gasteiger partial charge in [-0.05, 0) is 26.4 Å². The second-order valence-corrected chi connectivity index (χ2v) is 5.54. The Morgan fingerprint density at radius 2 is 2.14 bits per heavy atom. The van der Waals surface area contributed by atoms with Gasteiger partial charge >= 0.3 is 0 Å². The molecule has 2 aliphatic rings. The zero-order valence-corrected chi connectivity index (χ0v) is 9.45. The molecule has 0 radical (unpaired) electrons. The van der Waals surface area contributed by atoms with Gasteiger partial charge in [0.25, 0.3) is 0 Å². The summed E-state index contributed by atoms with van der Waals surface area (Å²) in [5.74, 6) is 0. The minimum Gasteiger partial charge on any atom is -0.392 e. The van der Waals surface area contributed by atoms with E-state index < -0.39 is 0 Å². The monoisotopic (exact) mass is 198 g/mol. The zero-order valence-electron chi connectivity index (χ0n) is 9.45. The summed E-state index contributed by atoms with van der Waals surface area (Å²) in [7, 11) is 2.17. The van der Waals surface area contributed by atoms with E-state index in [-0.39, 0.29) is 11.5 Å². The predicted molar refractivity (Wildman–Crippen MR) is 57.2 cm³/mol. The van der Waals surface area contributed by atoms with Gasteiger partial charge in [0.15, 0.2) is 0 Å². The molecule has 82 valence electrons. The molecule has 1 saturated heterocycles. The first-order chi connectivity index (χ1) is 6.50. The van der Waals surface area contributed by atoms with Crippen LogP contribution in [0.3, 0.4) is 0 Å². The normalized spacial score (nSPS) is 42.4. The maximum atomic E-state index is 9.62. The largest absolute Gasteiger partial charge is 0.392 e. The van der Waals surface area contributed by atoms with Gasteiger partial charge < -0.3 is 15.3 Å². The standard InChI is InChI=1S/C11H22N2O/c1-11(2)9(6-10(11)14)12-8-4-5-13(3)7-8/h8-10,12,14H,4-7H2,1-3H3. The van der Waals surface area contributed by atoms with Gasteiger partial charge in [-0.1, -0.05) is 13.8 Å². The Morgan fingerprint density at radius 1 is 1.43 bits per heavy atom. The summed E-state index contributed by atoms with van der Waals surface area (Å²) in [4.78, 5) is 2.36. The van der Waals surface area contributed by atoms with Crippen molar-refractivity contribution < 1.29 is 5.11 Å². The van der Waals surface area contributed by atoms with Gasteiger partial charge in [-0.25, -0.2) is 0 Å². The van der Waals surface area contributed by atoms with E-state index in [0.29, 0.717) is 12.1 Å². The number of likely N-dealkylation sites (tertiary alicyclic amines) is 1. The molecule has 1 saturated carbocycles. The van der Waals surface area contributed by atoms with Gasteiger partial charge in [-0.2, -0.15) is 0 Å². The second kappa shape index (κ2) is 3.47. The molecule has 14 heavy (non-hydrogen) atoms. The van der Waals surface area contributed by atoms with Crippen LogP contribution >= 0.6 is 0 Å². The van der Waals surface area contributed by atoms with Gasteiger partial charge in [0.1, 0.15) is 0 Å². The average Bonchev–Trinajstić information content (AvgIpc) is 2.51. The molecule has 3 nitrogen and oxygen atoms in total. The van der Waals surface area contributed by atoms with E-state index in [0.717, 1.165) is 13.0 Å². The van der Waals surface area contributed by atoms with Gasteiger partial charge in [-0.3, -0.25) is 0 Å². The molecule has 3 unspecified atom stereocenters. The smallest absolute Gasteiger partial charge is 0.0621 e. The highest BCUT2D eigenvalue weighted by Crippen LogP contribution is 2.40. The van der Waals surface area contributed by atoms with Crippen molar-refractivity contribution in [3.8, 4) is 0 Å². The molecule has 3 heteroatoms. The molecule has 1 aliphatic heterocycles. The van der Waals surface area contributed by atoms with Crippen LogP contribution in [0.15, 0.2) is 0 Å². The summed E-state index contributed by atoms with van der Waals surface area (Å²) in [5, 5.41) is 13.3. The van der Waals surface area contributed by atoms with Gasteiger partial charge in [0.2, 0.25) is 0 Å². The molecule has 3 atom stereocenters. The van der Waals surface area contributed by atoms with Crippen LogP contribution in [0.4, 0.5) is 0 Å². The zero-order chi connectivity index (χ0) is 10.3. The number of hydrogen-bond acceptors (Lipinski definition) is 3. The number of aliphatic hydroxyl groups excluding tert-OH is 1. The van der Waals surface area contributed by atoms with Crippen LogP contribution in [0.1, 0.15) is 26.7 Å². The minimum absolute atomic E-state index is 0.0706. The maximum absolute atomic E-state index is 9.62. The number of rotatable bonds is 2. The van der Waals surface area contributed by atoms with Gasteiger partial charge in [-0.15, -0.1) is 0 Å². The van der Waals surface area contributed by atoms with Crippen LogP contribution in [0.5, 0.6) is 0 Å². The molecule has 0 bridgehead atoms. The van der Waals surface area contributed by atoms with E-state index in [1.165, 1.54) is 13.0 Å². The molecule has 0 amide bonds. The van der Waals surface area contributed by atoms with Gasteiger partial charge in [0, 0.05) is 24.0 Å². The van der Waals surface area contributed by atoms with Gasteiger partial charge in [0.05, 0.1) is 6.10 Å². The van der Waals surface area contributed by atoms with E-state index >= 15 is 0 Å². The SMILES string of the molecule is CN1CCC(NC2CC(O)C2(C)C)C1. The second-order valence-electron chi connectivity index (χ2n) is 5.54. The topological polar surface area (TPSA) is 35.5 Å². The lowest BCUT2D eigenvalue weighted by atomic mass is 9.64. The third kappa shape index (κ3) is 1.69. The van der Waals surface area contributed by atoms with E-state index in [9.17, 15) is 5.11 Å². The number of aliphatic hydroxyl groups is 1. The third-order valence-corrected chi connectivity index (χ3v) is 4.04. The van der Waals surface area contributed by atoms with Crippen molar-refractivity contribution in [3.63, 3.8) is 0 Å². The average molecular weight is 198 g/mol. The quantitative estimate of drug-likeness (QED) is 0.676. The van der Waals surface area contributed by atoms with E-state index in [4.69, 9.17) is 0 Å². The Bertz CT molecular complexity index is 217. The van der Waals surface area contributed by atoms with Crippen molar-refractivity contribution >= 4 is 0 Å². The van der Waals surface area contributed by atoms with Crippen LogP contribution in [0.25, 0.3) is 0 Å². The lowest BCUT2D eigenvalue weighted by Gasteiger charge is -2.50. The fraction of sp³-hybridized carbons (Fsp3) is 1.00. The summed E-state index contributed by atoms with van der Waals surface area (Å²) in [6.45, 7) is 6.66. The van der Waals surface area contributed by atoms with E-state index in [1.807, 2.05) is 0 Å². The molecular formula is C11H22N2O. The Labute approximate surface area is 86.5 Å². The van der Waals surface area contributed by atoms with Crippen molar-refractivity contribution in [2.75, 3.05) is 20.1 Å². The molecule has 1 heterocycles. The highest BCUT2D eigenvalue weighted by atomic mass is 16.3. The Kier molecular flexibility index (Phi) is 2.58. The molecule has 0 aromatic heterocycles. The summed E-state index contributed by atoms with van der Waals surface area (Å²) in [5.41, 5.74) is 0.0706. The molecule has 2 N–H and O–H groups in total.